The largest absolute Gasteiger partial charge is 0.449 e. The Balaban J connectivity index is 1.60. The van der Waals surface area contributed by atoms with Crippen LogP contribution in [0.5, 0.6) is 0 Å². The van der Waals surface area contributed by atoms with E-state index in [9.17, 15) is 18.0 Å². The molecule has 1 aliphatic rings. The Morgan fingerprint density at radius 2 is 2.00 bits per heavy atom. The molecule has 3 aromatic rings. The van der Waals surface area contributed by atoms with Crippen molar-refractivity contribution in [2.45, 2.75) is 32.6 Å². The fraction of sp³-hybridized carbons (Fsp3) is 0.316. The van der Waals surface area contributed by atoms with E-state index >= 15 is 0 Å². The maximum absolute atomic E-state index is 12.9. The highest BCUT2D eigenvalue weighted by Crippen LogP contribution is 2.29. The summed E-state index contributed by atoms with van der Waals surface area (Å²) in [6, 6.07) is 9.54. The normalized spacial score (nSPS) is 14.9. The van der Waals surface area contributed by atoms with E-state index < -0.39 is 17.6 Å². The number of halogens is 3. The molecule has 6 nitrogen and oxygen atoms in total. The molecule has 0 amide bonds. The van der Waals surface area contributed by atoms with Gasteiger partial charge in [-0.15, -0.1) is 0 Å². The molecule has 0 radical (unpaired) electrons. The van der Waals surface area contributed by atoms with E-state index in [0.717, 1.165) is 16.8 Å². The van der Waals surface area contributed by atoms with Crippen LogP contribution in [0.25, 0.3) is 11.3 Å². The number of aromatic nitrogens is 3. The van der Waals surface area contributed by atoms with Gasteiger partial charge >= 0.3 is 6.18 Å². The van der Waals surface area contributed by atoms with E-state index in [0.29, 0.717) is 18.8 Å². The lowest BCUT2D eigenvalue weighted by Crippen LogP contribution is -2.36. The van der Waals surface area contributed by atoms with Crippen LogP contribution in [0.15, 0.2) is 39.6 Å². The number of benzene rings is 1. The zero-order chi connectivity index (χ0) is 19.9. The molecule has 0 fully saturated rings. The van der Waals surface area contributed by atoms with E-state index in [1.54, 1.807) is 0 Å². The summed E-state index contributed by atoms with van der Waals surface area (Å²) < 4.78 is 44.1. The molecule has 1 aromatic carbocycles. The van der Waals surface area contributed by atoms with Crippen molar-refractivity contribution in [2.75, 3.05) is 6.54 Å². The van der Waals surface area contributed by atoms with E-state index in [1.807, 2.05) is 47.1 Å². The number of aryl methyl sites for hydroxylation is 1. The summed E-state index contributed by atoms with van der Waals surface area (Å²) in [6.45, 7) is 3.01. The molecule has 3 heterocycles. The Hall–Kier alpha value is -2.94. The lowest BCUT2D eigenvalue weighted by atomic mass is 10.0. The fourth-order valence-corrected chi connectivity index (χ4v) is 3.37. The molecule has 1 N–H and O–H groups in total. The summed E-state index contributed by atoms with van der Waals surface area (Å²) in [6.07, 6.45) is -4.40. The number of aromatic amines is 1. The molecule has 0 bridgehead atoms. The predicted molar refractivity (Wildman–Crippen MR) is 94.4 cm³/mol. The molecule has 4 rings (SSSR count). The molecule has 2 aromatic heterocycles. The first-order valence-electron chi connectivity index (χ1n) is 8.75. The minimum atomic E-state index is -4.67. The molecule has 0 atom stereocenters. The zero-order valence-corrected chi connectivity index (χ0v) is 15.0. The van der Waals surface area contributed by atoms with Crippen LogP contribution in [0.4, 0.5) is 13.2 Å². The quantitative estimate of drug-likeness (QED) is 0.743. The number of hydrogen-bond acceptors (Lipinski definition) is 5. The van der Waals surface area contributed by atoms with Gasteiger partial charge in [-0.2, -0.15) is 13.2 Å². The number of rotatable bonds is 3. The summed E-state index contributed by atoms with van der Waals surface area (Å²) in [4.78, 5) is 19.6. The lowest BCUT2D eigenvalue weighted by molar-refractivity contribution is -0.145. The van der Waals surface area contributed by atoms with Gasteiger partial charge in [0.25, 0.3) is 5.56 Å². The monoisotopic (exact) mass is 390 g/mol. The number of fused-ring (bicyclic) bond motifs is 1. The van der Waals surface area contributed by atoms with Crippen LogP contribution < -0.4 is 5.56 Å². The number of nitrogens with one attached hydrogen (secondary N) is 1. The standard InChI is InChI=1S/C19H17F3N4O2/c1-11-13(16(28-25-11)12-5-3-2-4-6-12)9-26-8-7-15-14(10-26)17(27)24-18(23-15)19(20,21)22/h2-6H,7-10H2,1H3,(H,23,24,27). The first kappa shape index (κ1) is 18.4. The molecule has 0 unspecified atom stereocenters. The van der Waals surface area contributed by atoms with Crippen LogP contribution in [0.3, 0.4) is 0 Å². The van der Waals surface area contributed by atoms with Crippen molar-refractivity contribution in [3.8, 4) is 11.3 Å². The summed E-state index contributed by atoms with van der Waals surface area (Å²) in [7, 11) is 0. The Kier molecular flexibility index (Phi) is 4.54. The Morgan fingerprint density at radius 3 is 2.71 bits per heavy atom. The second-order valence-corrected chi connectivity index (χ2v) is 6.74. The first-order chi connectivity index (χ1) is 13.3. The third-order valence-corrected chi connectivity index (χ3v) is 4.82. The second kappa shape index (κ2) is 6.90. The lowest BCUT2D eigenvalue weighted by Gasteiger charge is -2.27. The number of hydrogen-bond donors (Lipinski definition) is 1. The Bertz CT molecular complexity index is 1060. The molecule has 0 spiro atoms. The van der Waals surface area contributed by atoms with Gasteiger partial charge in [0.15, 0.2) is 5.76 Å². The number of H-pyrrole nitrogens is 1. The van der Waals surface area contributed by atoms with Gasteiger partial charge < -0.3 is 9.51 Å². The molecule has 28 heavy (non-hydrogen) atoms. The van der Waals surface area contributed by atoms with Crippen molar-refractivity contribution >= 4 is 0 Å². The Labute approximate surface area is 158 Å². The predicted octanol–water partition coefficient (Wildman–Crippen LogP) is 3.31. The molecule has 146 valence electrons. The van der Waals surface area contributed by atoms with Crippen molar-refractivity contribution in [1.29, 1.82) is 0 Å². The van der Waals surface area contributed by atoms with Crippen LogP contribution in [0.1, 0.15) is 28.3 Å². The highest BCUT2D eigenvalue weighted by molar-refractivity contribution is 5.61. The average Bonchev–Trinajstić information content (AvgIpc) is 3.02. The van der Waals surface area contributed by atoms with Crippen LogP contribution in [-0.2, 0) is 25.7 Å². The van der Waals surface area contributed by atoms with Crippen molar-refractivity contribution in [2.24, 2.45) is 0 Å². The van der Waals surface area contributed by atoms with Crippen molar-refractivity contribution in [3.63, 3.8) is 0 Å². The highest BCUT2D eigenvalue weighted by Gasteiger charge is 2.36. The van der Waals surface area contributed by atoms with Crippen molar-refractivity contribution < 1.29 is 17.7 Å². The van der Waals surface area contributed by atoms with E-state index in [1.165, 1.54) is 0 Å². The molecule has 0 saturated heterocycles. The molecular weight excluding hydrogens is 373 g/mol. The third-order valence-electron chi connectivity index (χ3n) is 4.82. The molecule has 9 heteroatoms. The van der Waals surface area contributed by atoms with Crippen molar-refractivity contribution in [1.82, 2.24) is 20.0 Å². The average molecular weight is 390 g/mol. The van der Waals surface area contributed by atoms with E-state index in [2.05, 4.69) is 10.1 Å². The summed E-state index contributed by atoms with van der Waals surface area (Å²) in [5, 5.41) is 4.05. The summed E-state index contributed by atoms with van der Waals surface area (Å²) in [5.41, 5.74) is 2.26. The SMILES string of the molecule is Cc1noc(-c2ccccc2)c1CN1CCc2nc(C(F)(F)F)[nH]c(=O)c2C1. The maximum Gasteiger partial charge on any atom is 0.449 e. The van der Waals surface area contributed by atoms with Gasteiger partial charge in [-0.1, -0.05) is 35.5 Å². The third kappa shape index (κ3) is 3.45. The van der Waals surface area contributed by atoms with Gasteiger partial charge in [0, 0.05) is 37.2 Å². The molecular formula is C19H17F3N4O2. The minimum Gasteiger partial charge on any atom is -0.356 e. The van der Waals surface area contributed by atoms with Gasteiger partial charge in [0.05, 0.1) is 17.0 Å². The minimum absolute atomic E-state index is 0.206. The van der Waals surface area contributed by atoms with Gasteiger partial charge in [0.1, 0.15) is 0 Å². The molecule has 1 aliphatic heterocycles. The Morgan fingerprint density at radius 1 is 1.25 bits per heavy atom. The second-order valence-electron chi connectivity index (χ2n) is 6.74. The topological polar surface area (TPSA) is 75.0 Å². The molecule has 0 saturated carbocycles. The zero-order valence-electron chi connectivity index (χ0n) is 15.0. The first-order valence-corrected chi connectivity index (χ1v) is 8.75. The van der Waals surface area contributed by atoms with Crippen LogP contribution in [0.2, 0.25) is 0 Å². The van der Waals surface area contributed by atoms with E-state index in [-0.39, 0.29) is 24.2 Å². The maximum atomic E-state index is 12.9. The summed E-state index contributed by atoms with van der Waals surface area (Å²) >= 11 is 0. The summed E-state index contributed by atoms with van der Waals surface area (Å²) in [5.74, 6) is -0.589. The smallest absolute Gasteiger partial charge is 0.356 e. The number of nitrogens with zero attached hydrogens (tertiary/aromatic N) is 3. The van der Waals surface area contributed by atoms with Gasteiger partial charge in [-0.25, -0.2) is 4.98 Å². The van der Waals surface area contributed by atoms with Crippen LogP contribution in [-0.4, -0.2) is 26.6 Å². The van der Waals surface area contributed by atoms with Gasteiger partial charge in [-0.05, 0) is 6.92 Å². The highest BCUT2D eigenvalue weighted by atomic mass is 19.4. The van der Waals surface area contributed by atoms with Crippen molar-refractivity contribution in [3.05, 3.63) is 69.0 Å². The fourth-order valence-electron chi connectivity index (χ4n) is 3.37. The van der Waals surface area contributed by atoms with Gasteiger partial charge in [-0.3, -0.25) is 9.69 Å². The van der Waals surface area contributed by atoms with Gasteiger partial charge in [0.2, 0.25) is 5.82 Å². The number of alkyl halides is 3. The van der Waals surface area contributed by atoms with Crippen LogP contribution >= 0.6 is 0 Å². The van der Waals surface area contributed by atoms with E-state index in [4.69, 9.17) is 4.52 Å². The van der Waals surface area contributed by atoms with Crippen LogP contribution in [0, 0.1) is 6.92 Å². The molecule has 0 aliphatic carbocycles.